The molecule has 5 nitrogen and oxygen atoms in total. The molecule has 19 heavy (non-hydrogen) atoms. The zero-order valence-electron chi connectivity index (χ0n) is 10.9. The molecule has 3 rings (SSSR count). The van der Waals surface area contributed by atoms with Crippen LogP contribution in [0.2, 0.25) is 0 Å². The summed E-state index contributed by atoms with van der Waals surface area (Å²) in [6, 6.07) is 5.86. The first kappa shape index (κ1) is 12.0. The Labute approximate surface area is 111 Å². The quantitative estimate of drug-likeness (QED) is 0.879. The van der Waals surface area contributed by atoms with Crippen molar-refractivity contribution in [2.75, 3.05) is 19.8 Å². The van der Waals surface area contributed by atoms with Gasteiger partial charge in [-0.25, -0.2) is 4.98 Å². The molecule has 2 aromatic rings. The lowest BCUT2D eigenvalue weighted by Gasteiger charge is -2.18. The van der Waals surface area contributed by atoms with Gasteiger partial charge in [0.2, 0.25) is 0 Å². The van der Waals surface area contributed by atoms with Crippen LogP contribution in [-0.4, -0.2) is 29.7 Å². The van der Waals surface area contributed by atoms with E-state index in [0.29, 0.717) is 19.8 Å². The topological polar surface area (TPSA) is 73.2 Å². The third-order valence-electron chi connectivity index (χ3n) is 3.18. The Kier molecular flexibility index (Phi) is 3.13. The minimum atomic E-state index is 0.589. The molecule has 0 radical (unpaired) electrons. The molecule has 3 N–H and O–H groups in total. The number of imidazole rings is 1. The smallest absolute Gasteiger partial charge is 0.162 e. The number of aryl methyl sites for hydroxylation is 1. The first-order valence-electron chi connectivity index (χ1n) is 6.43. The Morgan fingerprint density at radius 2 is 2.05 bits per heavy atom. The number of ether oxygens (including phenoxy) is 2. The Hall–Kier alpha value is -2.01. The van der Waals surface area contributed by atoms with Crippen molar-refractivity contribution in [2.24, 2.45) is 5.73 Å². The van der Waals surface area contributed by atoms with Crippen LogP contribution >= 0.6 is 0 Å². The molecule has 0 bridgehead atoms. The minimum absolute atomic E-state index is 0.589. The number of nitrogens with zero attached hydrogens (tertiary/aromatic N) is 1. The molecular weight excluding hydrogens is 242 g/mol. The Balaban J connectivity index is 1.95. The van der Waals surface area contributed by atoms with Crippen molar-refractivity contribution < 1.29 is 9.47 Å². The normalized spacial score (nSPS) is 13.6. The maximum absolute atomic E-state index is 5.58. The first-order chi connectivity index (χ1) is 9.28. The molecule has 0 amide bonds. The number of rotatable bonds is 3. The number of aromatic amines is 1. The fourth-order valence-electron chi connectivity index (χ4n) is 2.20. The number of hydrogen-bond acceptors (Lipinski definition) is 4. The predicted octanol–water partition coefficient (Wildman–Crippen LogP) is 1.66. The van der Waals surface area contributed by atoms with Gasteiger partial charge in [-0.2, -0.15) is 0 Å². The summed E-state index contributed by atoms with van der Waals surface area (Å²) in [4.78, 5) is 7.88. The third-order valence-corrected chi connectivity index (χ3v) is 3.18. The van der Waals surface area contributed by atoms with E-state index in [-0.39, 0.29) is 0 Å². The lowest BCUT2D eigenvalue weighted by molar-refractivity contribution is 0.171. The first-order valence-corrected chi connectivity index (χ1v) is 6.43. The van der Waals surface area contributed by atoms with E-state index >= 15 is 0 Å². The van der Waals surface area contributed by atoms with E-state index in [1.807, 2.05) is 25.1 Å². The summed E-state index contributed by atoms with van der Waals surface area (Å²) in [5.41, 5.74) is 8.66. The monoisotopic (exact) mass is 259 g/mol. The Morgan fingerprint density at radius 1 is 1.26 bits per heavy atom. The van der Waals surface area contributed by atoms with E-state index in [2.05, 4.69) is 9.97 Å². The van der Waals surface area contributed by atoms with Crippen molar-refractivity contribution in [3.63, 3.8) is 0 Å². The van der Waals surface area contributed by atoms with E-state index in [9.17, 15) is 0 Å². The van der Waals surface area contributed by atoms with Crippen LogP contribution < -0.4 is 15.2 Å². The fraction of sp³-hybridized carbons (Fsp3) is 0.357. The number of nitrogens with two attached hydrogens (primary N) is 1. The highest BCUT2D eigenvalue weighted by Crippen LogP contribution is 2.33. The number of fused-ring (bicyclic) bond motifs is 1. The number of H-pyrrole nitrogens is 1. The van der Waals surface area contributed by atoms with Crippen molar-refractivity contribution in [3.8, 4) is 22.9 Å². The number of nitrogens with one attached hydrogen (secondary N) is 1. The van der Waals surface area contributed by atoms with E-state index in [0.717, 1.165) is 40.7 Å². The van der Waals surface area contributed by atoms with Gasteiger partial charge in [0.15, 0.2) is 11.5 Å². The zero-order valence-corrected chi connectivity index (χ0v) is 10.9. The standard InChI is InChI=1S/C14H17N3O2/c1-9-11(4-5-15)17-14(16-9)10-2-3-12-13(8-10)19-7-6-18-12/h2-3,8H,4-7,15H2,1H3,(H,16,17). The van der Waals surface area contributed by atoms with Gasteiger partial charge in [0.1, 0.15) is 19.0 Å². The lowest BCUT2D eigenvalue weighted by atomic mass is 10.2. The molecule has 0 saturated carbocycles. The number of benzene rings is 1. The van der Waals surface area contributed by atoms with Crippen molar-refractivity contribution in [2.45, 2.75) is 13.3 Å². The number of hydrogen-bond donors (Lipinski definition) is 2. The van der Waals surface area contributed by atoms with Crippen LogP contribution in [0.15, 0.2) is 18.2 Å². The van der Waals surface area contributed by atoms with Gasteiger partial charge in [-0.15, -0.1) is 0 Å². The molecule has 0 atom stereocenters. The van der Waals surface area contributed by atoms with Crippen LogP contribution in [-0.2, 0) is 6.42 Å². The molecular formula is C14H17N3O2. The summed E-state index contributed by atoms with van der Waals surface area (Å²) in [5.74, 6) is 2.41. The summed E-state index contributed by atoms with van der Waals surface area (Å²) in [6.45, 7) is 3.81. The Morgan fingerprint density at radius 3 is 2.84 bits per heavy atom. The van der Waals surface area contributed by atoms with Gasteiger partial charge in [0, 0.05) is 17.7 Å². The van der Waals surface area contributed by atoms with Gasteiger partial charge >= 0.3 is 0 Å². The van der Waals surface area contributed by atoms with E-state index in [1.54, 1.807) is 0 Å². The molecule has 1 aliphatic rings. The molecule has 0 spiro atoms. The van der Waals surface area contributed by atoms with E-state index in [4.69, 9.17) is 15.2 Å². The summed E-state index contributed by atoms with van der Waals surface area (Å²) in [7, 11) is 0. The van der Waals surface area contributed by atoms with E-state index in [1.165, 1.54) is 0 Å². The SMILES string of the molecule is Cc1[nH]c(-c2ccc3c(c2)OCCO3)nc1CCN. The molecule has 5 heteroatoms. The molecule has 0 aliphatic carbocycles. The zero-order chi connectivity index (χ0) is 13.2. The van der Waals surface area contributed by atoms with Crippen LogP contribution in [0, 0.1) is 6.92 Å². The summed E-state index contributed by atoms with van der Waals surface area (Å²) in [5, 5.41) is 0. The van der Waals surface area contributed by atoms with Crippen molar-refractivity contribution >= 4 is 0 Å². The van der Waals surface area contributed by atoms with Crippen LogP contribution in [0.3, 0.4) is 0 Å². The molecule has 100 valence electrons. The van der Waals surface area contributed by atoms with Crippen LogP contribution in [0.1, 0.15) is 11.4 Å². The summed E-state index contributed by atoms with van der Waals surface area (Å²) >= 11 is 0. The molecule has 1 aliphatic heterocycles. The van der Waals surface area contributed by atoms with Crippen LogP contribution in [0.5, 0.6) is 11.5 Å². The molecule has 0 unspecified atom stereocenters. The minimum Gasteiger partial charge on any atom is -0.486 e. The van der Waals surface area contributed by atoms with Crippen LogP contribution in [0.25, 0.3) is 11.4 Å². The molecule has 0 saturated heterocycles. The Bertz CT molecular complexity index is 592. The van der Waals surface area contributed by atoms with Crippen molar-refractivity contribution in [1.82, 2.24) is 9.97 Å². The van der Waals surface area contributed by atoms with Gasteiger partial charge in [0.05, 0.1) is 5.69 Å². The second-order valence-corrected chi connectivity index (χ2v) is 4.55. The highest BCUT2D eigenvalue weighted by molar-refractivity contribution is 5.62. The highest BCUT2D eigenvalue weighted by atomic mass is 16.6. The van der Waals surface area contributed by atoms with Gasteiger partial charge in [-0.1, -0.05) is 0 Å². The van der Waals surface area contributed by atoms with Crippen molar-refractivity contribution in [3.05, 3.63) is 29.6 Å². The van der Waals surface area contributed by atoms with E-state index < -0.39 is 0 Å². The fourth-order valence-corrected chi connectivity index (χ4v) is 2.20. The summed E-state index contributed by atoms with van der Waals surface area (Å²) < 4.78 is 11.1. The third kappa shape index (κ3) is 2.29. The maximum Gasteiger partial charge on any atom is 0.162 e. The predicted molar refractivity (Wildman–Crippen MR) is 72.5 cm³/mol. The second kappa shape index (κ2) is 4.93. The molecule has 1 aromatic heterocycles. The average molecular weight is 259 g/mol. The lowest BCUT2D eigenvalue weighted by Crippen LogP contribution is -2.15. The van der Waals surface area contributed by atoms with Crippen LogP contribution in [0.4, 0.5) is 0 Å². The van der Waals surface area contributed by atoms with Crippen molar-refractivity contribution in [1.29, 1.82) is 0 Å². The summed E-state index contributed by atoms with van der Waals surface area (Å²) in [6.07, 6.45) is 0.785. The van der Waals surface area contributed by atoms with Gasteiger partial charge in [-0.3, -0.25) is 0 Å². The molecule has 0 fully saturated rings. The number of aromatic nitrogens is 2. The largest absolute Gasteiger partial charge is 0.486 e. The molecule has 2 heterocycles. The highest BCUT2D eigenvalue weighted by Gasteiger charge is 2.14. The maximum atomic E-state index is 5.58. The molecule has 1 aromatic carbocycles. The second-order valence-electron chi connectivity index (χ2n) is 4.55. The average Bonchev–Trinajstić information content (AvgIpc) is 2.80. The van der Waals surface area contributed by atoms with Gasteiger partial charge in [0.25, 0.3) is 0 Å². The van der Waals surface area contributed by atoms with Gasteiger partial charge < -0.3 is 20.2 Å². The van der Waals surface area contributed by atoms with Gasteiger partial charge in [-0.05, 0) is 31.7 Å².